The van der Waals surface area contributed by atoms with Crippen LogP contribution in [0.1, 0.15) is 13.8 Å². The Hall–Kier alpha value is -2.28. The monoisotopic (exact) mass is 274 g/mol. The zero-order chi connectivity index (χ0) is 14.5. The molecule has 1 heterocycles. The third kappa shape index (κ3) is 3.00. The van der Waals surface area contributed by atoms with Gasteiger partial charge in [-0.05, 0) is 29.5 Å². The van der Waals surface area contributed by atoms with Crippen LogP contribution in [0.2, 0.25) is 0 Å². The van der Waals surface area contributed by atoms with Crippen LogP contribution >= 0.6 is 0 Å². The van der Waals surface area contributed by atoms with Crippen LogP contribution in [-0.4, -0.2) is 32.7 Å². The van der Waals surface area contributed by atoms with E-state index in [0.29, 0.717) is 24.6 Å². The van der Waals surface area contributed by atoms with E-state index in [1.807, 2.05) is 31.2 Å². The van der Waals surface area contributed by atoms with E-state index in [9.17, 15) is 4.79 Å². The van der Waals surface area contributed by atoms with Gasteiger partial charge in [0.2, 0.25) is 5.91 Å². The fourth-order valence-electron chi connectivity index (χ4n) is 1.73. The van der Waals surface area contributed by atoms with Crippen molar-refractivity contribution in [2.75, 3.05) is 11.9 Å². The van der Waals surface area contributed by atoms with Crippen molar-refractivity contribution < 1.29 is 4.79 Å². The van der Waals surface area contributed by atoms with Crippen LogP contribution in [0, 0.1) is 5.92 Å². The van der Waals surface area contributed by atoms with E-state index in [1.165, 1.54) is 0 Å². The molecule has 2 rings (SSSR count). The number of aromatic nitrogens is 4. The highest BCUT2D eigenvalue weighted by Gasteiger charge is 2.12. The van der Waals surface area contributed by atoms with Crippen LogP contribution in [0.3, 0.4) is 0 Å². The standard InChI is InChI=1S/C13H18N6O/c1-3-19-12(16-17-18-19)10-5-4-6-11(7-10)15-13(20)9(2)8-14/h4-7,9H,3,8,14H2,1-2H3,(H,15,20). The predicted molar refractivity (Wildman–Crippen MR) is 75.8 cm³/mol. The van der Waals surface area contributed by atoms with Crippen LogP contribution < -0.4 is 11.1 Å². The molecule has 0 fully saturated rings. The minimum absolute atomic E-state index is 0.0975. The average molecular weight is 274 g/mol. The fourth-order valence-corrected chi connectivity index (χ4v) is 1.73. The molecule has 2 aromatic rings. The quantitative estimate of drug-likeness (QED) is 0.843. The summed E-state index contributed by atoms with van der Waals surface area (Å²) in [5.41, 5.74) is 7.04. The van der Waals surface area contributed by atoms with Gasteiger partial charge < -0.3 is 11.1 Å². The number of anilines is 1. The van der Waals surface area contributed by atoms with Gasteiger partial charge in [-0.2, -0.15) is 0 Å². The number of carbonyl (C=O) groups is 1. The Kier molecular flexibility index (Phi) is 4.41. The van der Waals surface area contributed by atoms with Crippen molar-refractivity contribution in [2.24, 2.45) is 11.7 Å². The van der Waals surface area contributed by atoms with Crippen molar-refractivity contribution in [1.29, 1.82) is 0 Å². The molecule has 0 bridgehead atoms. The molecule has 1 aromatic carbocycles. The summed E-state index contributed by atoms with van der Waals surface area (Å²) in [7, 11) is 0. The second-order valence-corrected chi connectivity index (χ2v) is 4.53. The first-order chi connectivity index (χ1) is 9.65. The highest BCUT2D eigenvalue weighted by molar-refractivity contribution is 5.93. The Morgan fingerprint density at radius 2 is 2.30 bits per heavy atom. The van der Waals surface area contributed by atoms with Gasteiger partial charge in [0.1, 0.15) is 0 Å². The average Bonchev–Trinajstić information content (AvgIpc) is 2.95. The molecule has 0 aliphatic carbocycles. The number of rotatable bonds is 5. The third-order valence-corrected chi connectivity index (χ3v) is 3.02. The van der Waals surface area contributed by atoms with E-state index < -0.39 is 0 Å². The van der Waals surface area contributed by atoms with Crippen molar-refractivity contribution >= 4 is 11.6 Å². The van der Waals surface area contributed by atoms with Gasteiger partial charge >= 0.3 is 0 Å². The van der Waals surface area contributed by atoms with Crippen LogP contribution in [-0.2, 0) is 11.3 Å². The summed E-state index contributed by atoms with van der Waals surface area (Å²) in [6.45, 7) is 4.76. The summed E-state index contributed by atoms with van der Waals surface area (Å²) in [5, 5.41) is 14.4. The van der Waals surface area contributed by atoms with E-state index in [4.69, 9.17) is 5.73 Å². The number of hydrogen-bond acceptors (Lipinski definition) is 5. The van der Waals surface area contributed by atoms with Crippen LogP contribution in [0.5, 0.6) is 0 Å². The minimum atomic E-state index is -0.223. The summed E-state index contributed by atoms with van der Waals surface area (Å²) in [4.78, 5) is 11.8. The maximum Gasteiger partial charge on any atom is 0.228 e. The van der Waals surface area contributed by atoms with E-state index in [-0.39, 0.29) is 11.8 Å². The number of aryl methyl sites for hydroxylation is 1. The molecule has 0 aliphatic rings. The first-order valence-corrected chi connectivity index (χ1v) is 6.53. The van der Waals surface area contributed by atoms with Crippen molar-refractivity contribution in [3.05, 3.63) is 24.3 Å². The first kappa shape index (κ1) is 14.1. The second kappa shape index (κ2) is 6.25. The van der Waals surface area contributed by atoms with Gasteiger partial charge in [-0.1, -0.05) is 19.1 Å². The Morgan fingerprint density at radius 1 is 1.50 bits per heavy atom. The van der Waals surface area contributed by atoms with Crippen LogP contribution in [0.4, 0.5) is 5.69 Å². The Morgan fingerprint density at radius 3 is 3.00 bits per heavy atom. The van der Waals surface area contributed by atoms with Crippen molar-refractivity contribution in [2.45, 2.75) is 20.4 Å². The van der Waals surface area contributed by atoms with E-state index in [0.717, 1.165) is 5.56 Å². The molecule has 106 valence electrons. The van der Waals surface area contributed by atoms with E-state index in [2.05, 4.69) is 20.8 Å². The van der Waals surface area contributed by atoms with Crippen molar-refractivity contribution in [1.82, 2.24) is 20.2 Å². The summed E-state index contributed by atoms with van der Waals surface area (Å²) in [6, 6.07) is 7.43. The maximum atomic E-state index is 11.8. The van der Waals surface area contributed by atoms with Gasteiger partial charge in [0.25, 0.3) is 0 Å². The van der Waals surface area contributed by atoms with Crippen LogP contribution in [0.15, 0.2) is 24.3 Å². The lowest BCUT2D eigenvalue weighted by molar-refractivity contribution is -0.119. The topological polar surface area (TPSA) is 98.7 Å². The molecule has 1 amide bonds. The number of nitrogens with one attached hydrogen (secondary N) is 1. The van der Waals surface area contributed by atoms with Gasteiger partial charge in [-0.25, -0.2) is 4.68 Å². The van der Waals surface area contributed by atoms with Gasteiger partial charge in [0.05, 0.1) is 0 Å². The number of nitrogens with two attached hydrogens (primary N) is 1. The zero-order valence-corrected chi connectivity index (χ0v) is 11.6. The molecule has 0 saturated carbocycles. The number of amides is 1. The normalized spacial score (nSPS) is 12.2. The molecule has 1 aromatic heterocycles. The Bertz CT molecular complexity index is 594. The molecule has 0 spiro atoms. The summed E-state index contributed by atoms with van der Waals surface area (Å²) < 4.78 is 1.70. The molecule has 1 atom stereocenters. The fraction of sp³-hybridized carbons (Fsp3) is 0.385. The molecular formula is C13H18N6O. The molecule has 7 heteroatoms. The summed E-state index contributed by atoms with van der Waals surface area (Å²) in [5.74, 6) is 0.356. The molecule has 0 saturated heterocycles. The Balaban J connectivity index is 2.22. The lowest BCUT2D eigenvalue weighted by Crippen LogP contribution is -2.26. The molecule has 3 N–H and O–H groups in total. The van der Waals surface area contributed by atoms with Gasteiger partial charge in [0.15, 0.2) is 5.82 Å². The maximum absolute atomic E-state index is 11.8. The summed E-state index contributed by atoms with van der Waals surface area (Å²) in [6.07, 6.45) is 0. The van der Waals surface area contributed by atoms with Crippen LogP contribution in [0.25, 0.3) is 11.4 Å². The van der Waals surface area contributed by atoms with Crippen molar-refractivity contribution in [3.8, 4) is 11.4 Å². The highest BCUT2D eigenvalue weighted by Crippen LogP contribution is 2.20. The number of tetrazole rings is 1. The Labute approximate surface area is 117 Å². The molecular weight excluding hydrogens is 256 g/mol. The zero-order valence-electron chi connectivity index (χ0n) is 11.6. The minimum Gasteiger partial charge on any atom is -0.330 e. The van der Waals surface area contributed by atoms with Gasteiger partial charge in [0, 0.05) is 30.3 Å². The number of benzene rings is 1. The van der Waals surface area contributed by atoms with E-state index >= 15 is 0 Å². The number of hydrogen-bond donors (Lipinski definition) is 2. The SMILES string of the molecule is CCn1nnnc1-c1cccc(NC(=O)C(C)CN)c1. The third-order valence-electron chi connectivity index (χ3n) is 3.02. The second-order valence-electron chi connectivity index (χ2n) is 4.53. The lowest BCUT2D eigenvalue weighted by atomic mass is 10.1. The number of nitrogens with zero attached hydrogens (tertiary/aromatic N) is 4. The first-order valence-electron chi connectivity index (χ1n) is 6.53. The largest absolute Gasteiger partial charge is 0.330 e. The molecule has 7 nitrogen and oxygen atoms in total. The molecule has 20 heavy (non-hydrogen) atoms. The predicted octanol–water partition coefficient (Wildman–Crippen LogP) is 0.893. The molecule has 1 unspecified atom stereocenters. The van der Waals surface area contributed by atoms with Gasteiger partial charge in [-0.15, -0.1) is 5.10 Å². The summed E-state index contributed by atoms with van der Waals surface area (Å²) >= 11 is 0. The highest BCUT2D eigenvalue weighted by atomic mass is 16.1. The molecule has 0 aliphatic heterocycles. The molecule has 0 radical (unpaired) electrons. The van der Waals surface area contributed by atoms with Crippen molar-refractivity contribution in [3.63, 3.8) is 0 Å². The number of carbonyl (C=O) groups excluding carboxylic acids is 1. The van der Waals surface area contributed by atoms with E-state index in [1.54, 1.807) is 11.6 Å². The van der Waals surface area contributed by atoms with Gasteiger partial charge in [-0.3, -0.25) is 4.79 Å². The lowest BCUT2D eigenvalue weighted by Gasteiger charge is -2.10. The smallest absolute Gasteiger partial charge is 0.228 e.